The predicted molar refractivity (Wildman–Crippen MR) is 66.9 cm³/mol. The summed E-state index contributed by atoms with van der Waals surface area (Å²) >= 11 is 0. The lowest BCUT2D eigenvalue weighted by molar-refractivity contribution is 0.0691. The van der Waals surface area contributed by atoms with Gasteiger partial charge in [0.05, 0.1) is 33.0 Å². The minimum Gasteiger partial charge on any atom is -0.490 e. The summed E-state index contributed by atoms with van der Waals surface area (Å²) in [5.74, 6) is 1.17. The van der Waals surface area contributed by atoms with Crippen LogP contribution in [0.3, 0.4) is 0 Å². The molecule has 0 heterocycles. The molecule has 0 bridgehead atoms. The number of para-hydroxylation sites is 1. The second kappa shape index (κ2) is 8.74. The minimum absolute atomic E-state index is 0.00256. The summed E-state index contributed by atoms with van der Waals surface area (Å²) in [6.45, 7) is 3.34. The van der Waals surface area contributed by atoms with E-state index in [0.29, 0.717) is 43.5 Å². The van der Waals surface area contributed by atoms with Gasteiger partial charge in [0.1, 0.15) is 6.61 Å². The molecule has 5 heteroatoms. The Balaban J connectivity index is 2.60. The Morgan fingerprint density at radius 2 is 1.89 bits per heavy atom. The zero-order valence-corrected chi connectivity index (χ0v) is 10.6. The van der Waals surface area contributed by atoms with Gasteiger partial charge < -0.3 is 24.4 Å². The molecule has 0 amide bonds. The monoisotopic (exact) mass is 256 g/mol. The van der Waals surface area contributed by atoms with E-state index >= 15 is 0 Å². The van der Waals surface area contributed by atoms with Crippen LogP contribution in [-0.2, 0) is 11.3 Å². The van der Waals surface area contributed by atoms with Gasteiger partial charge in [0.15, 0.2) is 11.5 Å². The number of aliphatic hydroxyl groups is 2. The number of hydrogen-bond acceptors (Lipinski definition) is 5. The molecule has 0 aromatic heterocycles. The third-order valence-electron chi connectivity index (χ3n) is 2.24. The Hall–Kier alpha value is -1.30. The van der Waals surface area contributed by atoms with E-state index in [-0.39, 0.29) is 13.2 Å². The lowest BCUT2D eigenvalue weighted by Crippen LogP contribution is -2.11. The van der Waals surface area contributed by atoms with Crippen LogP contribution in [0.25, 0.3) is 0 Å². The number of ether oxygens (including phenoxy) is 3. The summed E-state index contributed by atoms with van der Waals surface area (Å²) in [5, 5.41) is 17.8. The number of hydrogen-bond donors (Lipinski definition) is 2. The molecule has 1 rings (SSSR count). The summed E-state index contributed by atoms with van der Waals surface area (Å²) in [6.07, 6.45) is 0. The van der Waals surface area contributed by atoms with E-state index in [4.69, 9.17) is 19.3 Å². The first-order valence-electron chi connectivity index (χ1n) is 6.00. The van der Waals surface area contributed by atoms with Crippen LogP contribution in [0.5, 0.6) is 11.5 Å². The van der Waals surface area contributed by atoms with E-state index in [1.54, 1.807) is 12.1 Å². The van der Waals surface area contributed by atoms with Crippen LogP contribution in [0, 0.1) is 0 Å². The van der Waals surface area contributed by atoms with Crippen LogP contribution in [0.2, 0.25) is 0 Å². The zero-order valence-electron chi connectivity index (χ0n) is 10.6. The molecule has 0 spiro atoms. The van der Waals surface area contributed by atoms with Crippen molar-refractivity contribution in [1.29, 1.82) is 0 Å². The first-order chi connectivity index (χ1) is 8.83. The molecule has 0 aliphatic heterocycles. The second-order valence-corrected chi connectivity index (χ2v) is 3.52. The molecule has 1 aromatic rings. The number of rotatable bonds is 9. The standard InChI is InChI=1S/C13H20O5/c1-2-17-12-5-3-4-11(10-15)13(12)18-9-8-16-7-6-14/h3-5,14-15H,2,6-10H2,1H3. The van der Waals surface area contributed by atoms with Gasteiger partial charge in [-0.15, -0.1) is 0 Å². The Bertz CT molecular complexity index is 340. The lowest BCUT2D eigenvalue weighted by atomic mass is 10.2. The van der Waals surface area contributed by atoms with Crippen LogP contribution in [0.15, 0.2) is 18.2 Å². The first-order valence-corrected chi connectivity index (χ1v) is 6.00. The molecular formula is C13H20O5. The highest BCUT2D eigenvalue weighted by molar-refractivity contribution is 5.46. The maximum absolute atomic E-state index is 9.25. The highest BCUT2D eigenvalue weighted by Gasteiger charge is 2.10. The maximum atomic E-state index is 9.25. The van der Waals surface area contributed by atoms with Crippen molar-refractivity contribution in [2.45, 2.75) is 13.5 Å². The van der Waals surface area contributed by atoms with Gasteiger partial charge in [0.2, 0.25) is 0 Å². The molecule has 2 N–H and O–H groups in total. The van der Waals surface area contributed by atoms with Gasteiger partial charge in [0, 0.05) is 5.56 Å². The molecule has 0 unspecified atom stereocenters. The Labute approximate surface area is 107 Å². The van der Waals surface area contributed by atoms with Gasteiger partial charge in [0.25, 0.3) is 0 Å². The molecular weight excluding hydrogens is 236 g/mol. The summed E-state index contributed by atoms with van der Waals surface area (Å²) in [5.41, 5.74) is 0.683. The van der Waals surface area contributed by atoms with Crippen molar-refractivity contribution >= 4 is 0 Å². The molecule has 102 valence electrons. The molecule has 0 aliphatic carbocycles. The van der Waals surface area contributed by atoms with E-state index in [1.165, 1.54) is 0 Å². The van der Waals surface area contributed by atoms with Gasteiger partial charge in [-0.1, -0.05) is 12.1 Å². The molecule has 5 nitrogen and oxygen atoms in total. The normalized spacial score (nSPS) is 10.4. The van der Waals surface area contributed by atoms with Crippen LogP contribution >= 0.6 is 0 Å². The Morgan fingerprint density at radius 3 is 2.56 bits per heavy atom. The summed E-state index contributed by atoms with van der Waals surface area (Å²) in [4.78, 5) is 0. The summed E-state index contributed by atoms with van der Waals surface area (Å²) < 4.78 is 16.1. The fourth-order valence-electron chi connectivity index (χ4n) is 1.49. The van der Waals surface area contributed by atoms with Gasteiger partial charge >= 0.3 is 0 Å². The van der Waals surface area contributed by atoms with Gasteiger partial charge in [-0.3, -0.25) is 0 Å². The summed E-state index contributed by atoms with van der Waals surface area (Å²) in [6, 6.07) is 5.39. The van der Waals surface area contributed by atoms with E-state index in [0.717, 1.165) is 0 Å². The maximum Gasteiger partial charge on any atom is 0.166 e. The molecule has 1 aromatic carbocycles. The van der Waals surface area contributed by atoms with Crippen molar-refractivity contribution in [1.82, 2.24) is 0 Å². The van der Waals surface area contributed by atoms with Crippen molar-refractivity contribution in [3.63, 3.8) is 0 Å². The largest absolute Gasteiger partial charge is 0.490 e. The Morgan fingerprint density at radius 1 is 1.06 bits per heavy atom. The fourth-order valence-corrected chi connectivity index (χ4v) is 1.49. The van der Waals surface area contributed by atoms with Crippen molar-refractivity contribution in [2.24, 2.45) is 0 Å². The quantitative estimate of drug-likeness (QED) is 0.644. The summed E-state index contributed by atoms with van der Waals surface area (Å²) in [7, 11) is 0. The molecule has 0 saturated heterocycles. The van der Waals surface area contributed by atoms with Gasteiger partial charge in [-0.05, 0) is 13.0 Å². The van der Waals surface area contributed by atoms with Gasteiger partial charge in [-0.2, -0.15) is 0 Å². The fraction of sp³-hybridized carbons (Fsp3) is 0.538. The van der Waals surface area contributed by atoms with Crippen molar-refractivity contribution in [3.8, 4) is 11.5 Å². The van der Waals surface area contributed by atoms with Crippen LogP contribution in [-0.4, -0.2) is 43.2 Å². The second-order valence-electron chi connectivity index (χ2n) is 3.52. The highest BCUT2D eigenvalue weighted by Crippen LogP contribution is 2.31. The zero-order chi connectivity index (χ0) is 13.2. The first kappa shape index (κ1) is 14.8. The van der Waals surface area contributed by atoms with Crippen LogP contribution < -0.4 is 9.47 Å². The smallest absolute Gasteiger partial charge is 0.166 e. The SMILES string of the molecule is CCOc1cccc(CO)c1OCCOCCO. The molecule has 0 fully saturated rings. The van der Waals surface area contributed by atoms with E-state index in [1.807, 2.05) is 13.0 Å². The predicted octanol–water partition coefficient (Wildman–Crippen LogP) is 0.965. The average Bonchev–Trinajstić information content (AvgIpc) is 2.40. The Kier molecular flexibility index (Phi) is 7.17. The van der Waals surface area contributed by atoms with Crippen molar-refractivity contribution in [3.05, 3.63) is 23.8 Å². The molecule has 0 radical (unpaired) electrons. The molecule has 0 aliphatic rings. The third-order valence-corrected chi connectivity index (χ3v) is 2.24. The molecule has 18 heavy (non-hydrogen) atoms. The number of aliphatic hydroxyl groups excluding tert-OH is 2. The van der Waals surface area contributed by atoms with E-state index in [2.05, 4.69) is 0 Å². The van der Waals surface area contributed by atoms with E-state index < -0.39 is 0 Å². The van der Waals surface area contributed by atoms with E-state index in [9.17, 15) is 5.11 Å². The average molecular weight is 256 g/mol. The van der Waals surface area contributed by atoms with Crippen LogP contribution in [0.4, 0.5) is 0 Å². The molecule has 0 saturated carbocycles. The highest BCUT2D eigenvalue weighted by atomic mass is 16.5. The lowest BCUT2D eigenvalue weighted by Gasteiger charge is -2.14. The molecule has 0 atom stereocenters. The number of benzene rings is 1. The topological polar surface area (TPSA) is 68.2 Å². The third kappa shape index (κ3) is 4.52. The van der Waals surface area contributed by atoms with Crippen molar-refractivity contribution < 1.29 is 24.4 Å². The van der Waals surface area contributed by atoms with Crippen LogP contribution in [0.1, 0.15) is 12.5 Å². The van der Waals surface area contributed by atoms with Gasteiger partial charge in [-0.25, -0.2) is 0 Å². The van der Waals surface area contributed by atoms with Crippen molar-refractivity contribution in [2.75, 3.05) is 33.0 Å². The minimum atomic E-state index is -0.103.